The molecule has 1 saturated heterocycles. The highest BCUT2D eigenvalue weighted by Gasteiger charge is 2.21. The van der Waals surface area contributed by atoms with E-state index in [0.717, 1.165) is 32.7 Å². The lowest BCUT2D eigenvalue weighted by molar-refractivity contribution is -0.136. The summed E-state index contributed by atoms with van der Waals surface area (Å²) in [5.74, 6) is 1.01. The first kappa shape index (κ1) is 11.9. The molecule has 16 heavy (non-hydrogen) atoms. The van der Waals surface area contributed by atoms with Gasteiger partial charge in [0.2, 0.25) is 5.91 Å². The number of morpholine rings is 1. The Labute approximate surface area is 98.1 Å². The van der Waals surface area contributed by atoms with E-state index >= 15 is 0 Å². The molecular formula is C13H23NO2. The SMILES string of the molecule is O=C(CC1CCCCCC1)N1CCOCC1. The van der Waals surface area contributed by atoms with Crippen LogP contribution in [0.25, 0.3) is 0 Å². The third-order valence-corrected chi connectivity index (χ3v) is 3.80. The number of hydrogen-bond acceptors (Lipinski definition) is 2. The Morgan fingerprint density at radius 3 is 2.31 bits per heavy atom. The molecule has 3 nitrogen and oxygen atoms in total. The van der Waals surface area contributed by atoms with Crippen molar-refractivity contribution < 1.29 is 9.53 Å². The molecule has 0 radical (unpaired) electrons. The molecule has 0 atom stereocenters. The molecular weight excluding hydrogens is 202 g/mol. The fourth-order valence-electron chi connectivity index (χ4n) is 2.76. The highest BCUT2D eigenvalue weighted by atomic mass is 16.5. The second-order valence-corrected chi connectivity index (χ2v) is 5.05. The van der Waals surface area contributed by atoms with Gasteiger partial charge in [0.25, 0.3) is 0 Å². The largest absolute Gasteiger partial charge is 0.378 e. The first-order valence-electron chi connectivity index (χ1n) is 6.72. The van der Waals surface area contributed by atoms with Crippen LogP contribution in [0.5, 0.6) is 0 Å². The van der Waals surface area contributed by atoms with Gasteiger partial charge in [0.1, 0.15) is 0 Å². The molecule has 0 aromatic carbocycles. The van der Waals surface area contributed by atoms with Crippen LogP contribution in [0.15, 0.2) is 0 Å². The van der Waals surface area contributed by atoms with E-state index in [1.165, 1.54) is 38.5 Å². The van der Waals surface area contributed by atoms with E-state index in [2.05, 4.69) is 0 Å². The quantitative estimate of drug-likeness (QED) is 0.674. The van der Waals surface area contributed by atoms with Crippen LogP contribution in [0.1, 0.15) is 44.9 Å². The first-order chi connectivity index (χ1) is 7.86. The molecule has 0 unspecified atom stereocenters. The van der Waals surface area contributed by atoms with Gasteiger partial charge in [0.15, 0.2) is 0 Å². The fourth-order valence-corrected chi connectivity index (χ4v) is 2.76. The van der Waals surface area contributed by atoms with Gasteiger partial charge in [-0.1, -0.05) is 25.7 Å². The van der Waals surface area contributed by atoms with Crippen molar-refractivity contribution in [3.05, 3.63) is 0 Å². The van der Waals surface area contributed by atoms with Crippen LogP contribution in [-0.2, 0) is 9.53 Å². The third-order valence-electron chi connectivity index (χ3n) is 3.80. The second kappa shape index (κ2) is 6.24. The Morgan fingerprint density at radius 2 is 1.69 bits per heavy atom. The zero-order chi connectivity index (χ0) is 11.2. The van der Waals surface area contributed by atoms with Crippen LogP contribution in [0.4, 0.5) is 0 Å². The molecule has 2 aliphatic rings. The molecule has 0 aromatic heterocycles. The van der Waals surface area contributed by atoms with Crippen LogP contribution in [0.2, 0.25) is 0 Å². The van der Waals surface area contributed by atoms with Crippen molar-refractivity contribution in [3.8, 4) is 0 Å². The Morgan fingerprint density at radius 1 is 1.06 bits per heavy atom. The molecule has 0 bridgehead atoms. The summed E-state index contributed by atoms with van der Waals surface area (Å²) in [7, 11) is 0. The maximum absolute atomic E-state index is 12.0. The minimum absolute atomic E-state index is 0.357. The van der Waals surface area contributed by atoms with Gasteiger partial charge in [0.05, 0.1) is 13.2 Å². The lowest BCUT2D eigenvalue weighted by atomic mass is 9.96. The van der Waals surface area contributed by atoms with Crippen molar-refractivity contribution in [1.82, 2.24) is 4.90 Å². The maximum Gasteiger partial charge on any atom is 0.223 e. The van der Waals surface area contributed by atoms with E-state index in [9.17, 15) is 4.79 Å². The minimum Gasteiger partial charge on any atom is -0.378 e. The number of carbonyl (C=O) groups is 1. The molecule has 1 saturated carbocycles. The van der Waals surface area contributed by atoms with Crippen molar-refractivity contribution in [3.63, 3.8) is 0 Å². The molecule has 1 aliphatic heterocycles. The molecule has 0 spiro atoms. The molecule has 2 fully saturated rings. The summed E-state index contributed by atoms with van der Waals surface area (Å²) >= 11 is 0. The van der Waals surface area contributed by atoms with E-state index in [4.69, 9.17) is 4.74 Å². The maximum atomic E-state index is 12.0. The fraction of sp³-hybridized carbons (Fsp3) is 0.923. The molecule has 1 amide bonds. The van der Waals surface area contributed by atoms with Crippen LogP contribution >= 0.6 is 0 Å². The van der Waals surface area contributed by atoms with Gasteiger partial charge in [0, 0.05) is 19.5 Å². The molecule has 2 rings (SSSR count). The third kappa shape index (κ3) is 3.48. The van der Waals surface area contributed by atoms with Crippen LogP contribution in [0.3, 0.4) is 0 Å². The van der Waals surface area contributed by atoms with Crippen molar-refractivity contribution in [2.75, 3.05) is 26.3 Å². The van der Waals surface area contributed by atoms with Gasteiger partial charge in [-0.05, 0) is 18.8 Å². The van der Waals surface area contributed by atoms with Crippen molar-refractivity contribution >= 4 is 5.91 Å². The summed E-state index contributed by atoms with van der Waals surface area (Å²) in [6.45, 7) is 3.03. The van der Waals surface area contributed by atoms with Crippen molar-refractivity contribution in [2.24, 2.45) is 5.92 Å². The summed E-state index contributed by atoms with van der Waals surface area (Å²) in [6.07, 6.45) is 8.67. The number of amides is 1. The van der Waals surface area contributed by atoms with Gasteiger partial charge in [-0.3, -0.25) is 4.79 Å². The summed E-state index contributed by atoms with van der Waals surface area (Å²) < 4.78 is 5.27. The van der Waals surface area contributed by atoms with Crippen LogP contribution < -0.4 is 0 Å². The lowest BCUT2D eigenvalue weighted by Crippen LogP contribution is -2.41. The van der Waals surface area contributed by atoms with E-state index < -0.39 is 0 Å². The number of nitrogens with zero attached hydrogens (tertiary/aromatic N) is 1. The normalized spacial score (nSPS) is 24.1. The smallest absolute Gasteiger partial charge is 0.223 e. The highest BCUT2D eigenvalue weighted by Crippen LogP contribution is 2.26. The van der Waals surface area contributed by atoms with Crippen LogP contribution in [-0.4, -0.2) is 37.1 Å². The average molecular weight is 225 g/mol. The van der Waals surface area contributed by atoms with Gasteiger partial charge in [-0.25, -0.2) is 0 Å². The monoisotopic (exact) mass is 225 g/mol. The Hall–Kier alpha value is -0.570. The lowest BCUT2D eigenvalue weighted by Gasteiger charge is -2.28. The predicted octanol–water partition coefficient (Wildman–Crippen LogP) is 2.21. The first-order valence-corrected chi connectivity index (χ1v) is 6.72. The predicted molar refractivity (Wildman–Crippen MR) is 63.2 cm³/mol. The Kier molecular flexibility index (Phi) is 4.64. The Balaban J connectivity index is 1.76. The topological polar surface area (TPSA) is 29.5 Å². The van der Waals surface area contributed by atoms with E-state index in [-0.39, 0.29) is 0 Å². The summed E-state index contributed by atoms with van der Waals surface area (Å²) in [6, 6.07) is 0. The number of rotatable bonds is 2. The molecule has 1 heterocycles. The number of carbonyl (C=O) groups excluding carboxylic acids is 1. The van der Waals surface area contributed by atoms with Gasteiger partial charge in [-0.2, -0.15) is 0 Å². The molecule has 0 aromatic rings. The summed E-state index contributed by atoms with van der Waals surface area (Å²) in [5, 5.41) is 0. The summed E-state index contributed by atoms with van der Waals surface area (Å²) in [4.78, 5) is 14.0. The van der Waals surface area contributed by atoms with Gasteiger partial charge < -0.3 is 9.64 Å². The second-order valence-electron chi connectivity index (χ2n) is 5.05. The van der Waals surface area contributed by atoms with E-state index in [0.29, 0.717) is 11.8 Å². The van der Waals surface area contributed by atoms with Gasteiger partial charge >= 0.3 is 0 Å². The summed E-state index contributed by atoms with van der Waals surface area (Å²) in [5.41, 5.74) is 0. The molecule has 92 valence electrons. The van der Waals surface area contributed by atoms with E-state index in [1.54, 1.807) is 0 Å². The zero-order valence-corrected chi connectivity index (χ0v) is 10.1. The number of hydrogen-bond donors (Lipinski definition) is 0. The van der Waals surface area contributed by atoms with Crippen LogP contribution in [0, 0.1) is 5.92 Å². The van der Waals surface area contributed by atoms with Crippen molar-refractivity contribution in [2.45, 2.75) is 44.9 Å². The molecule has 3 heteroatoms. The molecule has 1 aliphatic carbocycles. The Bertz CT molecular complexity index is 216. The van der Waals surface area contributed by atoms with Crippen molar-refractivity contribution in [1.29, 1.82) is 0 Å². The van der Waals surface area contributed by atoms with E-state index in [1.807, 2.05) is 4.90 Å². The average Bonchev–Trinajstić information content (AvgIpc) is 2.59. The minimum atomic E-state index is 0.357. The van der Waals surface area contributed by atoms with Gasteiger partial charge in [-0.15, -0.1) is 0 Å². The molecule has 0 N–H and O–H groups in total. The zero-order valence-electron chi connectivity index (χ0n) is 10.1. The number of ether oxygens (including phenoxy) is 1. The standard InChI is InChI=1S/C13H23NO2/c15-13(14-7-9-16-10-8-14)11-12-5-3-1-2-4-6-12/h12H,1-11H2. The highest BCUT2D eigenvalue weighted by molar-refractivity contribution is 5.76.